The molecule has 0 spiro atoms. The first-order valence-corrected chi connectivity index (χ1v) is 6.67. The van der Waals surface area contributed by atoms with Crippen LogP contribution in [0.2, 0.25) is 0 Å². The van der Waals surface area contributed by atoms with Crippen LogP contribution >= 0.6 is 0 Å². The van der Waals surface area contributed by atoms with E-state index >= 15 is 0 Å². The maximum Gasteiger partial charge on any atom is 0.419 e. The first-order chi connectivity index (χ1) is 9.08. The van der Waals surface area contributed by atoms with Crippen molar-refractivity contribution < 1.29 is 22.7 Å². The molecule has 0 heterocycles. The average Bonchev–Trinajstić information content (AvgIpc) is 2.32. The summed E-state index contributed by atoms with van der Waals surface area (Å²) in [5.74, 6) is -1.31. The Hall–Kier alpha value is -1.10. The van der Waals surface area contributed by atoms with E-state index in [0.717, 1.165) is 31.4 Å². The molecule has 20 heavy (non-hydrogen) atoms. The normalized spacial score (nSPS) is 26.6. The number of hydrogen-bond acceptors (Lipinski definition) is 1. The van der Waals surface area contributed by atoms with Gasteiger partial charge in [0.2, 0.25) is 0 Å². The molecule has 1 N–H and O–H groups in total. The lowest BCUT2D eigenvalue weighted by molar-refractivity contribution is -0.140. The van der Waals surface area contributed by atoms with Gasteiger partial charge in [0.05, 0.1) is 11.2 Å². The zero-order valence-corrected chi connectivity index (χ0v) is 11.5. The molecule has 0 aromatic heterocycles. The Bertz CT molecular complexity index is 507. The third-order valence-electron chi connectivity index (χ3n) is 4.46. The van der Waals surface area contributed by atoms with Crippen molar-refractivity contribution in [3.63, 3.8) is 0 Å². The van der Waals surface area contributed by atoms with Crippen LogP contribution in [0.15, 0.2) is 18.2 Å². The maximum atomic E-state index is 13.3. The van der Waals surface area contributed by atoms with E-state index < -0.39 is 28.6 Å². The van der Waals surface area contributed by atoms with Crippen molar-refractivity contribution in [2.75, 3.05) is 0 Å². The van der Waals surface area contributed by atoms with Crippen LogP contribution < -0.4 is 0 Å². The molecule has 0 aliphatic heterocycles. The predicted octanol–water partition coefficient (Wildman–Crippen LogP) is 4.63. The Morgan fingerprint density at radius 1 is 1.10 bits per heavy atom. The van der Waals surface area contributed by atoms with Crippen molar-refractivity contribution in [1.82, 2.24) is 0 Å². The summed E-state index contributed by atoms with van der Waals surface area (Å²) >= 11 is 0. The van der Waals surface area contributed by atoms with Gasteiger partial charge < -0.3 is 5.11 Å². The van der Waals surface area contributed by atoms with Crippen LogP contribution in [0.25, 0.3) is 0 Å². The quantitative estimate of drug-likeness (QED) is 0.747. The van der Waals surface area contributed by atoms with Crippen molar-refractivity contribution in [3.05, 3.63) is 35.1 Å². The summed E-state index contributed by atoms with van der Waals surface area (Å²) in [6.07, 6.45) is -1.96. The van der Waals surface area contributed by atoms with Crippen molar-refractivity contribution >= 4 is 0 Å². The molecule has 0 amide bonds. The van der Waals surface area contributed by atoms with Gasteiger partial charge in [-0.2, -0.15) is 13.2 Å². The molecule has 5 heteroatoms. The lowest BCUT2D eigenvalue weighted by atomic mass is 9.62. The number of hydrogen-bond donors (Lipinski definition) is 1. The summed E-state index contributed by atoms with van der Waals surface area (Å²) in [5, 5.41) is 10.9. The molecule has 0 bridgehead atoms. The molecule has 1 nitrogen and oxygen atoms in total. The van der Waals surface area contributed by atoms with Crippen LogP contribution in [0.4, 0.5) is 17.6 Å². The second-order valence-electron chi connectivity index (χ2n) is 6.14. The fourth-order valence-corrected chi connectivity index (χ4v) is 3.03. The van der Waals surface area contributed by atoms with Crippen LogP contribution in [-0.4, -0.2) is 5.11 Å². The van der Waals surface area contributed by atoms with Gasteiger partial charge >= 0.3 is 6.18 Å². The minimum absolute atomic E-state index is 0.149. The van der Waals surface area contributed by atoms with E-state index in [0.29, 0.717) is 6.42 Å². The summed E-state index contributed by atoms with van der Waals surface area (Å²) < 4.78 is 51.7. The largest absolute Gasteiger partial charge is 0.419 e. The third kappa shape index (κ3) is 2.43. The van der Waals surface area contributed by atoms with E-state index in [9.17, 15) is 22.7 Å². The smallest absolute Gasteiger partial charge is 0.385 e. The van der Waals surface area contributed by atoms with E-state index in [2.05, 4.69) is 0 Å². The molecule has 2 rings (SSSR count). The Kier molecular flexibility index (Phi) is 3.61. The van der Waals surface area contributed by atoms with Gasteiger partial charge in [-0.3, -0.25) is 0 Å². The monoisotopic (exact) mass is 290 g/mol. The van der Waals surface area contributed by atoms with Crippen molar-refractivity contribution in [2.45, 2.75) is 51.3 Å². The summed E-state index contributed by atoms with van der Waals surface area (Å²) in [6, 6.07) is 2.81. The zero-order chi connectivity index (χ0) is 15.2. The van der Waals surface area contributed by atoms with Gasteiger partial charge in [-0.1, -0.05) is 32.8 Å². The minimum Gasteiger partial charge on any atom is -0.385 e. The second kappa shape index (κ2) is 4.72. The number of rotatable bonds is 1. The number of aliphatic hydroxyl groups is 1. The molecule has 1 aliphatic rings. The molecule has 112 valence electrons. The number of benzene rings is 1. The molecule has 1 aliphatic carbocycles. The van der Waals surface area contributed by atoms with Crippen LogP contribution in [0.3, 0.4) is 0 Å². The molecule has 0 saturated heterocycles. The molecule has 1 aromatic carbocycles. The SMILES string of the molecule is CC1(C)CCCCC1(O)c1ccc(F)c(C(F)(F)F)c1. The second-order valence-corrected chi connectivity index (χ2v) is 6.14. The molecule has 0 radical (unpaired) electrons. The van der Waals surface area contributed by atoms with Gasteiger partial charge in [0.15, 0.2) is 0 Å². The predicted molar refractivity (Wildman–Crippen MR) is 67.5 cm³/mol. The summed E-state index contributed by atoms with van der Waals surface area (Å²) in [6.45, 7) is 3.67. The minimum atomic E-state index is -4.75. The summed E-state index contributed by atoms with van der Waals surface area (Å²) in [4.78, 5) is 0. The van der Waals surface area contributed by atoms with E-state index in [-0.39, 0.29) is 5.56 Å². The Morgan fingerprint density at radius 2 is 1.70 bits per heavy atom. The van der Waals surface area contributed by atoms with Crippen molar-refractivity contribution in [1.29, 1.82) is 0 Å². The van der Waals surface area contributed by atoms with E-state index in [4.69, 9.17) is 0 Å². The molecule has 1 unspecified atom stereocenters. The highest BCUT2D eigenvalue weighted by Crippen LogP contribution is 2.50. The van der Waals surface area contributed by atoms with Gasteiger partial charge in [-0.15, -0.1) is 0 Å². The molecule has 1 saturated carbocycles. The van der Waals surface area contributed by atoms with Crippen LogP contribution in [-0.2, 0) is 11.8 Å². The van der Waals surface area contributed by atoms with Gasteiger partial charge in [-0.25, -0.2) is 4.39 Å². The van der Waals surface area contributed by atoms with Gasteiger partial charge in [0, 0.05) is 0 Å². The van der Waals surface area contributed by atoms with E-state index in [1.807, 2.05) is 13.8 Å². The molecule has 1 atom stereocenters. The van der Waals surface area contributed by atoms with Crippen molar-refractivity contribution in [3.8, 4) is 0 Å². The first-order valence-electron chi connectivity index (χ1n) is 6.67. The van der Waals surface area contributed by atoms with Crippen LogP contribution in [0.1, 0.15) is 50.7 Å². The first kappa shape index (κ1) is 15.3. The number of alkyl halides is 3. The summed E-state index contributed by atoms with van der Waals surface area (Å²) in [5.41, 5.74) is -3.05. The fourth-order valence-electron chi connectivity index (χ4n) is 3.03. The fraction of sp³-hybridized carbons (Fsp3) is 0.600. The van der Waals surface area contributed by atoms with E-state index in [1.165, 1.54) is 6.07 Å². The van der Waals surface area contributed by atoms with Crippen LogP contribution in [0.5, 0.6) is 0 Å². The van der Waals surface area contributed by atoms with E-state index in [1.54, 1.807) is 0 Å². The number of halogens is 4. The molecular formula is C15H18F4O. The molecule has 1 fully saturated rings. The third-order valence-corrected chi connectivity index (χ3v) is 4.46. The average molecular weight is 290 g/mol. The lowest BCUT2D eigenvalue weighted by Crippen LogP contribution is -2.44. The standard InChI is InChI=1S/C15H18F4O/c1-13(2)7-3-4-8-14(13,20)10-5-6-12(16)11(9-10)15(17,18)19/h5-6,9,20H,3-4,7-8H2,1-2H3. The Balaban J connectivity index is 2.52. The lowest BCUT2D eigenvalue weighted by Gasteiger charge is -2.47. The topological polar surface area (TPSA) is 20.2 Å². The van der Waals surface area contributed by atoms with Crippen LogP contribution in [0, 0.1) is 11.2 Å². The molecule has 1 aromatic rings. The molecular weight excluding hydrogens is 272 g/mol. The highest BCUT2D eigenvalue weighted by atomic mass is 19.4. The zero-order valence-electron chi connectivity index (χ0n) is 11.5. The summed E-state index contributed by atoms with van der Waals surface area (Å²) in [7, 11) is 0. The van der Waals surface area contributed by atoms with Gasteiger partial charge in [0.1, 0.15) is 5.82 Å². The van der Waals surface area contributed by atoms with Crippen molar-refractivity contribution in [2.24, 2.45) is 5.41 Å². The highest BCUT2D eigenvalue weighted by molar-refractivity contribution is 5.33. The van der Waals surface area contributed by atoms with Gasteiger partial charge in [-0.05, 0) is 36.0 Å². The van der Waals surface area contributed by atoms with Gasteiger partial charge in [0.25, 0.3) is 0 Å². The highest BCUT2D eigenvalue weighted by Gasteiger charge is 2.47. The maximum absolute atomic E-state index is 13.3. The Labute approximate surface area is 115 Å². The Morgan fingerprint density at radius 3 is 2.25 bits per heavy atom.